The second-order valence-electron chi connectivity index (χ2n) is 6.46. The minimum atomic E-state index is -0.579. The van der Waals surface area contributed by atoms with Crippen LogP contribution in [0.2, 0.25) is 0 Å². The van der Waals surface area contributed by atoms with Crippen molar-refractivity contribution in [2.24, 2.45) is 0 Å². The lowest BCUT2D eigenvalue weighted by molar-refractivity contribution is -0.124. The maximum absolute atomic E-state index is 12.7. The van der Waals surface area contributed by atoms with E-state index in [1.165, 1.54) is 0 Å². The molecule has 0 fully saturated rings. The molecule has 0 aliphatic carbocycles. The number of rotatable bonds is 7. The molecule has 1 N–H and O–H groups in total. The van der Waals surface area contributed by atoms with Crippen LogP contribution in [0.3, 0.4) is 0 Å². The number of aromatic nitrogens is 2. The molecule has 0 atom stereocenters. The number of aryl methyl sites for hydroxylation is 1. The standard InChI is InChI=1S/C22H23N3O3/c1-3-13-23-20(26)15-28-22(27)19-14-25(18-7-5-4-6-8-18)24-21(19)17-11-9-16(2)10-12-17/h4-12,14H,3,13,15H2,1-2H3,(H,23,26). The lowest BCUT2D eigenvalue weighted by Crippen LogP contribution is -2.29. The zero-order valence-electron chi connectivity index (χ0n) is 16.0. The molecule has 0 aliphatic heterocycles. The topological polar surface area (TPSA) is 73.2 Å². The summed E-state index contributed by atoms with van der Waals surface area (Å²) >= 11 is 0. The van der Waals surface area contributed by atoms with Gasteiger partial charge in [-0.1, -0.05) is 55.0 Å². The number of ether oxygens (including phenoxy) is 1. The zero-order valence-corrected chi connectivity index (χ0v) is 16.0. The summed E-state index contributed by atoms with van der Waals surface area (Å²) in [6.45, 7) is 4.19. The van der Waals surface area contributed by atoms with Crippen LogP contribution < -0.4 is 5.32 Å². The highest BCUT2D eigenvalue weighted by atomic mass is 16.5. The van der Waals surface area contributed by atoms with Gasteiger partial charge in [-0.15, -0.1) is 0 Å². The second kappa shape index (κ2) is 8.99. The predicted molar refractivity (Wildman–Crippen MR) is 107 cm³/mol. The Morgan fingerprint density at radius 3 is 2.46 bits per heavy atom. The van der Waals surface area contributed by atoms with Crippen LogP contribution in [-0.2, 0) is 9.53 Å². The maximum Gasteiger partial charge on any atom is 0.342 e. The fraction of sp³-hybridized carbons (Fsp3) is 0.227. The molecule has 0 saturated heterocycles. The van der Waals surface area contributed by atoms with Crippen LogP contribution in [0.25, 0.3) is 16.9 Å². The van der Waals surface area contributed by atoms with E-state index >= 15 is 0 Å². The number of carbonyl (C=O) groups excluding carboxylic acids is 2. The Hall–Kier alpha value is -3.41. The average molecular weight is 377 g/mol. The van der Waals surface area contributed by atoms with Crippen LogP contribution in [0, 0.1) is 6.92 Å². The third kappa shape index (κ3) is 4.65. The third-order valence-corrected chi connectivity index (χ3v) is 4.19. The number of hydrogen-bond donors (Lipinski definition) is 1. The van der Waals surface area contributed by atoms with E-state index in [4.69, 9.17) is 4.74 Å². The summed E-state index contributed by atoms with van der Waals surface area (Å²) < 4.78 is 6.86. The van der Waals surface area contributed by atoms with Crippen molar-refractivity contribution in [1.82, 2.24) is 15.1 Å². The van der Waals surface area contributed by atoms with E-state index in [1.807, 2.05) is 68.4 Å². The Labute approximate surface area is 164 Å². The summed E-state index contributed by atoms with van der Waals surface area (Å²) in [5.74, 6) is -0.896. The Balaban J connectivity index is 1.89. The first kappa shape index (κ1) is 19.4. The number of carbonyl (C=O) groups is 2. The molecule has 0 radical (unpaired) electrons. The van der Waals surface area contributed by atoms with Crippen molar-refractivity contribution in [2.75, 3.05) is 13.2 Å². The molecule has 1 heterocycles. The van der Waals surface area contributed by atoms with Crippen molar-refractivity contribution < 1.29 is 14.3 Å². The number of hydrogen-bond acceptors (Lipinski definition) is 4. The number of esters is 1. The number of amides is 1. The molecule has 0 spiro atoms. The van der Waals surface area contributed by atoms with Crippen LogP contribution in [0.5, 0.6) is 0 Å². The second-order valence-corrected chi connectivity index (χ2v) is 6.46. The lowest BCUT2D eigenvalue weighted by atomic mass is 10.1. The van der Waals surface area contributed by atoms with E-state index in [-0.39, 0.29) is 12.5 Å². The van der Waals surface area contributed by atoms with E-state index in [9.17, 15) is 9.59 Å². The first-order valence-corrected chi connectivity index (χ1v) is 9.24. The van der Waals surface area contributed by atoms with Gasteiger partial charge in [0.2, 0.25) is 0 Å². The van der Waals surface area contributed by atoms with E-state index in [2.05, 4.69) is 10.4 Å². The summed E-state index contributed by atoms with van der Waals surface area (Å²) in [6.07, 6.45) is 2.46. The normalized spacial score (nSPS) is 10.5. The number of para-hydroxylation sites is 1. The SMILES string of the molecule is CCCNC(=O)COC(=O)c1cn(-c2ccccc2)nc1-c1ccc(C)cc1. The van der Waals surface area contributed by atoms with E-state index < -0.39 is 5.97 Å². The molecule has 0 aliphatic rings. The minimum Gasteiger partial charge on any atom is -0.452 e. The van der Waals surface area contributed by atoms with Crippen molar-refractivity contribution >= 4 is 11.9 Å². The van der Waals surface area contributed by atoms with Gasteiger partial charge in [0.1, 0.15) is 11.3 Å². The average Bonchev–Trinajstić information content (AvgIpc) is 3.17. The molecule has 28 heavy (non-hydrogen) atoms. The molecular weight excluding hydrogens is 354 g/mol. The van der Waals surface area contributed by atoms with E-state index in [1.54, 1.807) is 10.9 Å². The number of benzene rings is 2. The quantitative estimate of drug-likeness (QED) is 0.639. The highest BCUT2D eigenvalue weighted by molar-refractivity contribution is 5.97. The highest BCUT2D eigenvalue weighted by Gasteiger charge is 2.20. The van der Waals surface area contributed by atoms with E-state index in [0.29, 0.717) is 17.8 Å². The summed E-state index contributed by atoms with van der Waals surface area (Å²) in [5.41, 5.74) is 3.58. The maximum atomic E-state index is 12.7. The van der Waals surface area contributed by atoms with Crippen LogP contribution in [0.15, 0.2) is 60.8 Å². The van der Waals surface area contributed by atoms with Gasteiger partial charge in [-0.05, 0) is 25.5 Å². The van der Waals surface area contributed by atoms with Crippen LogP contribution in [-0.4, -0.2) is 34.8 Å². The first-order valence-electron chi connectivity index (χ1n) is 9.24. The third-order valence-electron chi connectivity index (χ3n) is 4.19. The lowest BCUT2D eigenvalue weighted by Gasteiger charge is -2.06. The monoisotopic (exact) mass is 377 g/mol. The Kier molecular flexibility index (Phi) is 6.22. The molecule has 3 aromatic rings. The van der Waals surface area contributed by atoms with E-state index in [0.717, 1.165) is 23.2 Å². The van der Waals surface area contributed by atoms with Gasteiger partial charge in [-0.3, -0.25) is 4.79 Å². The predicted octanol–water partition coefficient (Wildman–Crippen LogP) is 3.53. The molecule has 3 rings (SSSR count). The molecular formula is C22H23N3O3. The summed E-state index contributed by atoms with van der Waals surface area (Å²) in [6, 6.07) is 17.3. The summed E-state index contributed by atoms with van der Waals surface area (Å²) in [4.78, 5) is 24.4. The van der Waals surface area contributed by atoms with Gasteiger partial charge in [-0.25, -0.2) is 9.48 Å². The molecule has 1 amide bonds. The van der Waals surface area contributed by atoms with Gasteiger partial charge < -0.3 is 10.1 Å². The largest absolute Gasteiger partial charge is 0.452 e. The van der Waals surface area contributed by atoms with Crippen LogP contribution in [0.1, 0.15) is 29.3 Å². The zero-order chi connectivity index (χ0) is 19.9. The molecule has 1 aromatic heterocycles. The van der Waals surface area contributed by atoms with Gasteiger partial charge in [0, 0.05) is 18.3 Å². The van der Waals surface area contributed by atoms with Crippen molar-refractivity contribution in [1.29, 1.82) is 0 Å². The molecule has 6 heteroatoms. The van der Waals surface area contributed by atoms with Crippen molar-refractivity contribution in [3.63, 3.8) is 0 Å². The Morgan fingerprint density at radius 2 is 1.79 bits per heavy atom. The van der Waals surface area contributed by atoms with Gasteiger partial charge in [0.15, 0.2) is 6.61 Å². The van der Waals surface area contributed by atoms with Crippen LogP contribution in [0.4, 0.5) is 0 Å². The molecule has 2 aromatic carbocycles. The van der Waals surface area contributed by atoms with Crippen molar-refractivity contribution in [3.05, 3.63) is 71.9 Å². The first-order chi connectivity index (χ1) is 13.6. The van der Waals surface area contributed by atoms with Crippen molar-refractivity contribution in [3.8, 4) is 16.9 Å². The smallest absolute Gasteiger partial charge is 0.342 e. The molecule has 0 bridgehead atoms. The summed E-state index contributed by atoms with van der Waals surface area (Å²) in [7, 11) is 0. The molecule has 0 unspecified atom stereocenters. The van der Waals surface area contributed by atoms with Gasteiger partial charge in [0.25, 0.3) is 5.91 Å². The van der Waals surface area contributed by atoms with Gasteiger partial charge in [0.05, 0.1) is 5.69 Å². The molecule has 0 saturated carbocycles. The highest BCUT2D eigenvalue weighted by Crippen LogP contribution is 2.25. The van der Waals surface area contributed by atoms with Gasteiger partial charge >= 0.3 is 5.97 Å². The molecule has 6 nitrogen and oxygen atoms in total. The number of nitrogens with one attached hydrogen (secondary N) is 1. The van der Waals surface area contributed by atoms with Gasteiger partial charge in [-0.2, -0.15) is 5.10 Å². The fourth-order valence-corrected chi connectivity index (χ4v) is 2.69. The van der Waals surface area contributed by atoms with Crippen molar-refractivity contribution in [2.45, 2.75) is 20.3 Å². The fourth-order valence-electron chi connectivity index (χ4n) is 2.69. The Morgan fingerprint density at radius 1 is 1.07 bits per heavy atom. The summed E-state index contributed by atoms with van der Waals surface area (Å²) in [5, 5.41) is 7.28. The Bertz CT molecular complexity index is 947. The molecule has 144 valence electrons. The number of nitrogens with zero attached hydrogens (tertiary/aromatic N) is 2. The van der Waals surface area contributed by atoms with Crippen LogP contribution >= 0.6 is 0 Å². The minimum absolute atomic E-state index is 0.316.